The van der Waals surface area contributed by atoms with E-state index in [9.17, 15) is 19.3 Å². The molecule has 8 heteroatoms. The van der Waals surface area contributed by atoms with Gasteiger partial charge in [-0.2, -0.15) is 4.39 Å². The van der Waals surface area contributed by atoms with Crippen molar-refractivity contribution in [1.82, 2.24) is 0 Å². The first-order valence-electron chi connectivity index (χ1n) is 7.55. The van der Waals surface area contributed by atoms with Gasteiger partial charge < -0.3 is 14.5 Å². The molecule has 0 aliphatic heterocycles. The number of nitro groups is 1. The van der Waals surface area contributed by atoms with Crippen LogP contribution in [-0.4, -0.2) is 10.8 Å². The van der Waals surface area contributed by atoms with Crippen LogP contribution in [-0.2, 0) is 6.61 Å². The van der Waals surface area contributed by atoms with Gasteiger partial charge in [0.25, 0.3) is 5.91 Å². The standard InChI is InChI=1S/C18H13FN2O5/c19-15-8-6-12(10-16(15)21(23)24)20-18(22)17-9-7-14(26-17)11-25-13-4-2-1-3-5-13/h1-10H,11H2,(H,20,22). The summed E-state index contributed by atoms with van der Waals surface area (Å²) < 4.78 is 24.2. The Kier molecular flexibility index (Phi) is 4.93. The van der Waals surface area contributed by atoms with Crippen LogP contribution in [0.5, 0.6) is 5.75 Å². The lowest BCUT2D eigenvalue weighted by Crippen LogP contribution is -2.11. The van der Waals surface area contributed by atoms with Gasteiger partial charge in [-0.3, -0.25) is 14.9 Å². The first kappa shape index (κ1) is 17.2. The van der Waals surface area contributed by atoms with Crippen molar-refractivity contribution >= 4 is 17.3 Å². The highest BCUT2D eigenvalue weighted by atomic mass is 19.1. The number of anilines is 1. The Morgan fingerprint density at radius 3 is 2.65 bits per heavy atom. The quantitative estimate of drug-likeness (QED) is 0.529. The van der Waals surface area contributed by atoms with Crippen LogP contribution in [0.2, 0.25) is 0 Å². The molecule has 0 aliphatic carbocycles. The van der Waals surface area contributed by atoms with Gasteiger partial charge in [0.05, 0.1) is 4.92 Å². The van der Waals surface area contributed by atoms with Gasteiger partial charge in [-0.25, -0.2) is 0 Å². The number of carbonyl (C=O) groups is 1. The van der Waals surface area contributed by atoms with Gasteiger partial charge >= 0.3 is 5.69 Å². The fourth-order valence-corrected chi connectivity index (χ4v) is 2.17. The number of furan rings is 1. The fraction of sp³-hybridized carbons (Fsp3) is 0.0556. The van der Waals surface area contributed by atoms with E-state index in [0.717, 1.165) is 12.1 Å². The van der Waals surface area contributed by atoms with Gasteiger partial charge in [0, 0.05) is 11.8 Å². The highest BCUT2D eigenvalue weighted by Crippen LogP contribution is 2.22. The lowest BCUT2D eigenvalue weighted by molar-refractivity contribution is -0.387. The molecule has 0 saturated heterocycles. The number of nitrogens with one attached hydrogen (secondary N) is 1. The second-order valence-corrected chi connectivity index (χ2v) is 5.25. The molecule has 3 aromatic rings. The molecule has 0 atom stereocenters. The summed E-state index contributed by atoms with van der Waals surface area (Å²) in [5.41, 5.74) is -0.638. The molecule has 1 heterocycles. The Morgan fingerprint density at radius 1 is 1.15 bits per heavy atom. The molecule has 1 N–H and O–H groups in total. The second kappa shape index (κ2) is 7.47. The van der Waals surface area contributed by atoms with E-state index >= 15 is 0 Å². The SMILES string of the molecule is O=C(Nc1ccc(F)c([N+](=O)[O-])c1)c1ccc(COc2ccccc2)o1. The van der Waals surface area contributed by atoms with E-state index in [1.165, 1.54) is 12.1 Å². The fourth-order valence-electron chi connectivity index (χ4n) is 2.17. The maximum atomic E-state index is 13.3. The van der Waals surface area contributed by atoms with Gasteiger partial charge in [-0.15, -0.1) is 0 Å². The summed E-state index contributed by atoms with van der Waals surface area (Å²) in [5, 5.41) is 13.2. The molecule has 0 radical (unpaired) electrons. The monoisotopic (exact) mass is 356 g/mol. The molecule has 2 aromatic carbocycles. The molecule has 7 nitrogen and oxygen atoms in total. The van der Waals surface area contributed by atoms with Crippen LogP contribution >= 0.6 is 0 Å². The van der Waals surface area contributed by atoms with Crippen molar-refractivity contribution in [1.29, 1.82) is 0 Å². The van der Waals surface area contributed by atoms with Crippen LogP contribution in [0, 0.1) is 15.9 Å². The number of benzene rings is 2. The van der Waals surface area contributed by atoms with Crippen LogP contribution in [0.3, 0.4) is 0 Å². The molecule has 26 heavy (non-hydrogen) atoms. The summed E-state index contributed by atoms with van der Waals surface area (Å²) in [5.74, 6) is -0.496. The number of rotatable bonds is 6. The van der Waals surface area contributed by atoms with Crippen molar-refractivity contribution in [2.24, 2.45) is 0 Å². The van der Waals surface area contributed by atoms with Crippen LogP contribution in [0.1, 0.15) is 16.3 Å². The van der Waals surface area contributed by atoms with E-state index in [1.807, 2.05) is 18.2 Å². The molecule has 0 spiro atoms. The number of para-hydroxylation sites is 1. The van der Waals surface area contributed by atoms with Gasteiger partial charge in [-0.05, 0) is 36.4 Å². The minimum Gasteiger partial charge on any atom is -0.486 e. The normalized spacial score (nSPS) is 10.3. The maximum Gasteiger partial charge on any atom is 0.306 e. The Bertz CT molecular complexity index is 940. The largest absolute Gasteiger partial charge is 0.486 e. The third-order valence-corrected chi connectivity index (χ3v) is 3.41. The average molecular weight is 356 g/mol. The number of carbonyl (C=O) groups excluding carboxylic acids is 1. The van der Waals surface area contributed by atoms with Crippen molar-refractivity contribution < 1.29 is 23.3 Å². The van der Waals surface area contributed by atoms with E-state index in [4.69, 9.17) is 9.15 Å². The zero-order chi connectivity index (χ0) is 18.5. The minimum absolute atomic E-state index is 0.00337. The van der Waals surface area contributed by atoms with Crippen LogP contribution in [0.25, 0.3) is 0 Å². The van der Waals surface area contributed by atoms with Crippen molar-refractivity contribution in [3.05, 3.63) is 88.1 Å². The summed E-state index contributed by atoms with van der Waals surface area (Å²) in [7, 11) is 0. The average Bonchev–Trinajstić information content (AvgIpc) is 3.11. The predicted octanol–water partition coefficient (Wildman–Crippen LogP) is 4.16. The Balaban J connectivity index is 1.65. The van der Waals surface area contributed by atoms with E-state index < -0.39 is 22.3 Å². The van der Waals surface area contributed by atoms with Gasteiger partial charge in [0.15, 0.2) is 5.76 Å². The number of hydrogen-bond acceptors (Lipinski definition) is 5. The van der Waals surface area contributed by atoms with Gasteiger partial charge in [0.1, 0.15) is 18.1 Å². The van der Waals surface area contributed by atoms with Crippen LogP contribution < -0.4 is 10.1 Å². The minimum atomic E-state index is -0.980. The molecular formula is C18H13FN2O5. The van der Waals surface area contributed by atoms with Crippen LogP contribution in [0.4, 0.5) is 15.8 Å². The summed E-state index contributed by atoms with van der Waals surface area (Å²) in [4.78, 5) is 22.0. The number of amides is 1. The van der Waals surface area contributed by atoms with Gasteiger partial charge in [-0.1, -0.05) is 18.2 Å². The molecule has 0 bridgehead atoms. The Morgan fingerprint density at radius 2 is 1.92 bits per heavy atom. The van der Waals surface area contributed by atoms with E-state index in [-0.39, 0.29) is 18.1 Å². The summed E-state index contributed by atoms with van der Waals surface area (Å²) in [6, 6.07) is 15.2. The molecular weight excluding hydrogens is 343 g/mol. The summed E-state index contributed by atoms with van der Waals surface area (Å²) >= 11 is 0. The maximum absolute atomic E-state index is 13.3. The number of halogens is 1. The van der Waals surface area contributed by atoms with E-state index in [0.29, 0.717) is 11.5 Å². The molecule has 0 fully saturated rings. The predicted molar refractivity (Wildman–Crippen MR) is 90.5 cm³/mol. The van der Waals surface area contributed by atoms with E-state index in [2.05, 4.69) is 5.32 Å². The first-order valence-corrected chi connectivity index (χ1v) is 7.55. The van der Waals surface area contributed by atoms with Crippen LogP contribution in [0.15, 0.2) is 65.1 Å². The third-order valence-electron chi connectivity index (χ3n) is 3.41. The van der Waals surface area contributed by atoms with Gasteiger partial charge in [0.2, 0.25) is 5.82 Å². The van der Waals surface area contributed by atoms with E-state index in [1.54, 1.807) is 18.2 Å². The summed E-state index contributed by atoms with van der Waals surface area (Å²) in [6.07, 6.45) is 0. The molecule has 132 valence electrons. The Hall–Kier alpha value is -3.68. The molecule has 0 saturated carbocycles. The highest BCUT2D eigenvalue weighted by molar-refractivity contribution is 6.02. The topological polar surface area (TPSA) is 94.6 Å². The van der Waals surface area contributed by atoms with Crippen molar-refractivity contribution in [2.45, 2.75) is 6.61 Å². The number of nitrogens with zero attached hydrogens (tertiary/aromatic N) is 1. The van der Waals surface area contributed by atoms with Crippen molar-refractivity contribution in [2.75, 3.05) is 5.32 Å². The number of hydrogen-bond donors (Lipinski definition) is 1. The molecule has 0 unspecified atom stereocenters. The smallest absolute Gasteiger partial charge is 0.306 e. The molecule has 3 rings (SSSR count). The third kappa shape index (κ3) is 4.04. The van der Waals surface area contributed by atoms with Crippen molar-refractivity contribution in [3.63, 3.8) is 0 Å². The number of ether oxygens (including phenoxy) is 1. The zero-order valence-corrected chi connectivity index (χ0v) is 13.3. The lowest BCUT2D eigenvalue weighted by Gasteiger charge is -2.04. The molecule has 1 amide bonds. The highest BCUT2D eigenvalue weighted by Gasteiger charge is 2.17. The summed E-state index contributed by atoms with van der Waals surface area (Å²) in [6.45, 7) is 0.138. The molecule has 0 aliphatic rings. The Labute approximate surface area is 147 Å². The van der Waals surface area contributed by atoms with Crippen molar-refractivity contribution in [3.8, 4) is 5.75 Å². The second-order valence-electron chi connectivity index (χ2n) is 5.25. The first-order chi connectivity index (χ1) is 12.5. The number of nitro benzene ring substituents is 1. The lowest BCUT2D eigenvalue weighted by atomic mass is 10.2. The molecule has 1 aromatic heterocycles. The zero-order valence-electron chi connectivity index (χ0n) is 13.3.